The van der Waals surface area contributed by atoms with Gasteiger partial charge in [-0.25, -0.2) is 4.79 Å². The van der Waals surface area contributed by atoms with E-state index in [4.69, 9.17) is 9.47 Å². The van der Waals surface area contributed by atoms with Crippen molar-refractivity contribution >= 4 is 23.3 Å². The second-order valence-corrected chi connectivity index (χ2v) is 5.75. The number of amides is 1. The van der Waals surface area contributed by atoms with Crippen molar-refractivity contribution in [3.63, 3.8) is 0 Å². The van der Waals surface area contributed by atoms with Crippen molar-refractivity contribution in [3.05, 3.63) is 63.7 Å². The number of carbonyl (C=O) groups excluding carboxylic acids is 2. The third-order valence-electron chi connectivity index (χ3n) is 3.75. The summed E-state index contributed by atoms with van der Waals surface area (Å²) < 4.78 is 47.6. The number of non-ortho nitro benzene ring substituents is 1. The minimum atomic E-state index is -4.55. The summed E-state index contributed by atoms with van der Waals surface area (Å²) >= 11 is 0. The standard InChI is InChI=1S/C18H15F3N2O6/c1-10(29-17(25)11-3-5-12(6-4-11)18(19,20)21)16(24)22-14-9-13(23(26)27)7-8-15(14)28-2/h3-10H,1-2H3,(H,22,24)/t10-/m1/s1. The quantitative estimate of drug-likeness (QED) is 0.439. The Morgan fingerprint density at radius 3 is 2.28 bits per heavy atom. The highest BCUT2D eigenvalue weighted by atomic mass is 19.4. The van der Waals surface area contributed by atoms with Gasteiger partial charge in [0, 0.05) is 12.1 Å². The van der Waals surface area contributed by atoms with Crippen LogP contribution in [-0.4, -0.2) is 30.0 Å². The number of benzene rings is 2. The predicted molar refractivity (Wildman–Crippen MR) is 94.6 cm³/mol. The zero-order chi connectivity index (χ0) is 21.8. The number of nitro groups is 1. The highest BCUT2D eigenvalue weighted by Crippen LogP contribution is 2.30. The van der Waals surface area contributed by atoms with E-state index in [0.717, 1.165) is 30.3 Å². The number of hydrogen-bond donors (Lipinski definition) is 1. The van der Waals surface area contributed by atoms with E-state index < -0.39 is 34.6 Å². The Labute approximate surface area is 162 Å². The number of esters is 1. The maximum atomic E-state index is 12.6. The monoisotopic (exact) mass is 412 g/mol. The fourth-order valence-electron chi connectivity index (χ4n) is 2.22. The third kappa shape index (κ3) is 5.43. The third-order valence-corrected chi connectivity index (χ3v) is 3.75. The highest BCUT2D eigenvalue weighted by Gasteiger charge is 2.30. The molecule has 0 saturated heterocycles. The number of anilines is 1. The van der Waals surface area contributed by atoms with Crippen LogP contribution in [0.4, 0.5) is 24.5 Å². The van der Waals surface area contributed by atoms with Crippen LogP contribution in [0.5, 0.6) is 5.75 Å². The summed E-state index contributed by atoms with van der Waals surface area (Å²) in [5.41, 5.74) is -1.41. The molecule has 0 aromatic heterocycles. The summed E-state index contributed by atoms with van der Waals surface area (Å²) in [5.74, 6) is -1.68. The highest BCUT2D eigenvalue weighted by molar-refractivity contribution is 5.98. The smallest absolute Gasteiger partial charge is 0.416 e. The van der Waals surface area contributed by atoms with E-state index in [9.17, 15) is 32.9 Å². The summed E-state index contributed by atoms with van der Waals surface area (Å²) in [6, 6.07) is 6.83. The molecular weight excluding hydrogens is 397 g/mol. The van der Waals surface area contributed by atoms with Gasteiger partial charge in [0.25, 0.3) is 11.6 Å². The van der Waals surface area contributed by atoms with E-state index in [1.807, 2.05) is 0 Å². The first-order chi connectivity index (χ1) is 13.5. The second-order valence-electron chi connectivity index (χ2n) is 5.75. The first kappa shape index (κ1) is 21.7. The number of methoxy groups -OCH3 is 1. The summed E-state index contributed by atoms with van der Waals surface area (Å²) in [6.45, 7) is 1.24. The second kappa shape index (κ2) is 8.59. The van der Waals surface area contributed by atoms with Gasteiger partial charge in [0.1, 0.15) is 5.75 Å². The number of carbonyl (C=O) groups is 2. The molecule has 2 aromatic rings. The molecule has 29 heavy (non-hydrogen) atoms. The van der Waals surface area contributed by atoms with E-state index in [1.54, 1.807) is 0 Å². The number of nitrogens with one attached hydrogen (secondary N) is 1. The zero-order valence-corrected chi connectivity index (χ0v) is 15.1. The molecule has 0 saturated carbocycles. The number of hydrogen-bond acceptors (Lipinski definition) is 6. The Morgan fingerprint density at radius 2 is 1.76 bits per heavy atom. The molecular formula is C18H15F3N2O6. The number of nitrogens with zero attached hydrogens (tertiary/aromatic N) is 1. The van der Waals surface area contributed by atoms with Crippen LogP contribution in [0.1, 0.15) is 22.8 Å². The van der Waals surface area contributed by atoms with Crippen LogP contribution in [0.15, 0.2) is 42.5 Å². The van der Waals surface area contributed by atoms with Gasteiger partial charge in [-0.1, -0.05) is 0 Å². The topological polar surface area (TPSA) is 108 Å². The van der Waals surface area contributed by atoms with E-state index in [2.05, 4.69) is 5.32 Å². The first-order valence-electron chi connectivity index (χ1n) is 8.04. The molecule has 8 nitrogen and oxygen atoms in total. The maximum absolute atomic E-state index is 12.6. The number of ether oxygens (including phenoxy) is 2. The molecule has 0 spiro atoms. The number of rotatable bonds is 6. The van der Waals surface area contributed by atoms with Crippen molar-refractivity contribution in [2.45, 2.75) is 19.2 Å². The summed E-state index contributed by atoms with van der Waals surface area (Å²) in [6.07, 6.45) is -5.89. The Hall–Kier alpha value is -3.63. The molecule has 0 heterocycles. The normalized spacial score (nSPS) is 12.0. The van der Waals surface area contributed by atoms with Gasteiger partial charge in [0.15, 0.2) is 6.10 Å². The number of nitro benzene ring substituents is 1. The van der Waals surface area contributed by atoms with Crippen molar-refractivity contribution in [1.29, 1.82) is 0 Å². The fraction of sp³-hybridized carbons (Fsp3) is 0.222. The molecule has 0 radical (unpaired) electrons. The number of halogens is 3. The lowest BCUT2D eigenvalue weighted by Gasteiger charge is -2.15. The molecule has 0 bridgehead atoms. The van der Waals surface area contributed by atoms with Crippen molar-refractivity contribution in [2.24, 2.45) is 0 Å². The summed E-state index contributed by atoms with van der Waals surface area (Å²) in [7, 11) is 1.30. The molecule has 0 aliphatic heterocycles. The summed E-state index contributed by atoms with van der Waals surface area (Å²) in [5, 5.41) is 13.2. The van der Waals surface area contributed by atoms with Gasteiger partial charge < -0.3 is 14.8 Å². The molecule has 2 rings (SSSR count). The minimum Gasteiger partial charge on any atom is -0.495 e. The average molecular weight is 412 g/mol. The zero-order valence-electron chi connectivity index (χ0n) is 15.1. The van der Waals surface area contributed by atoms with Crippen LogP contribution in [0.2, 0.25) is 0 Å². The van der Waals surface area contributed by atoms with E-state index in [0.29, 0.717) is 0 Å². The van der Waals surface area contributed by atoms with Crippen molar-refractivity contribution in [1.82, 2.24) is 0 Å². The van der Waals surface area contributed by atoms with Gasteiger partial charge in [0.05, 0.1) is 28.8 Å². The molecule has 1 N–H and O–H groups in total. The number of alkyl halides is 3. The van der Waals surface area contributed by atoms with Crippen LogP contribution in [-0.2, 0) is 15.7 Å². The minimum absolute atomic E-state index is 0.0101. The SMILES string of the molecule is COc1ccc([N+](=O)[O-])cc1NC(=O)[C@@H](C)OC(=O)c1ccc(C(F)(F)F)cc1. The largest absolute Gasteiger partial charge is 0.495 e. The van der Waals surface area contributed by atoms with E-state index in [1.165, 1.54) is 26.2 Å². The van der Waals surface area contributed by atoms with E-state index in [-0.39, 0.29) is 22.7 Å². The van der Waals surface area contributed by atoms with Gasteiger partial charge in [-0.15, -0.1) is 0 Å². The molecule has 0 aliphatic rings. The van der Waals surface area contributed by atoms with E-state index >= 15 is 0 Å². The molecule has 11 heteroatoms. The molecule has 154 valence electrons. The fourth-order valence-corrected chi connectivity index (χ4v) is 2.22. The van der Waals surface area contributed by atoms with Crippen LogP contribution in [0.25, 0.3) is 0 Å². The van der Waals surface area contributed by atoms with Crippen molar-refractivity contribution in [3.8, 4) is 5.75 Å². The Kier molecular flexibility index (Phi) is 6.42. The van der Waals surface area contributed by atoms with Gasteiger partial charge >= 0.3 is 12.1 Å². The lowest BCUT2D eigenvalue weighted by Crippen LogP contribution is -2.30. The Morgan fingerprint density at radius 1 is 1.14 bits per heavy atom. The van der Waals surface area contributed by atoms with Crippen LogP contribution < -0.4 is 10.1 Å². The molecule has 2 aromatic carbocycles. The molecule has 1 amide bonds. The van der Waals surface area contributed by atoms with Crippen LogP contribution in [0, 0.1) is 10.1 Å². The Balaban J connectivity index is 2.08. The first-order valence-corrected chi connectivity index (χ1v) is 8.04. The maximum Gasteiger partial charge on any atom is 0.416 e. The Bertz CT molecular complexity index is 928. The summed E-state index contributed by atoms with van der Waals surface area (Å²) in [4.78, 5) is 34.5. The van der Waals surface area contributed by atoms with Gasteiger partial charge in [0.2, 0.25) is 0 Å². The van der Waals surface area contributed by atoms with Gasteiger partial charge in [-0.2, -0.15) is 13.2 Å². The molecule has 0 aliphatic carbocycles. The van der Waals surface area contributed by atoms with Crippen LogP contribution in [0.3, 0.4) is 0 Å². The van der Waals surface area contributed by atoms with Gasteiger partial charge in [-0.3, -0.25) is 14.9 Å². The van der Waals surface area contributed by atoms with Crippen molar-refractivity contribution in [2.75, 3.05) is 12.4 Å². The lowest BCUT2D eigenvalue weighted by atomic mass is 10.1. The van der Waals surface area contributed by atoms with Crippen LogP contribution >= 0.6 is 0 Å². The molecule has 1 atom stereocenters. The average Bonchev–Trinajstić information content (AvgIpc) is 2.67. The van der Waals surface area contributed by atoms with Crippen molar-refractivity contribution < 1.29 is 37.2 Å². The predicted octanol–water partition coefficient (Wildman–Crippen LogP) is 3.81. The molecule has 0 fully saturated rings. The van der Waals surface area contributed by atoms with Gasteiger partial charge in [-0.05, 0) is 37.3 Å². The lowest BCUT2D eigenvalue weighted by molar-refractivity contribution is -0.384. The molecule has 0 unspecified atom stereocenters.